The quantitative estimate of drug-likeness (QED) is 0.793. The lowest BCUT2D eigenvalue weighted by Gasteiger charge is -2.23. The minimum absolute atomic E-state index is 0.0301. The van der Waals surface area contributed by atoms with Crippen LogP contribution in [-0.2, 0) is 9.53 Å². The van der Waals surface area contributed by atoms with E-state index in [1.165, 1.54) is 0 Å². The first kappa shape index (κ1) is 15.0. The van der Waals surface area contributed by atoms with Crippen LogP contribution in [0.5, 0.6) is 0 Å². The van der Waals surface area contributed by atoms with Crippen LogP contribution in [-0.4, -0.2) is 23.5 Å². The molecule has 1 fully saturated rings. The van der Waals surface area contributed by atoms with Crippen LogP contribution in [0.1, 0.15) is 59.8 Å². The van der Waals surface area contributed by atoms with E-state index in [2.05, 4.69) is 5.32 Å². The standard InChI is InChI=1S/C14H25NO3/c1-5-11(8-9-12(16)10-6-7-10)15-13(17)18-14(2,3)4/h10-11H,5-9H2,1-4H3,(H,15,17). The third-order valence-electron chi connectivity index (χ3n) is 2.99. The lowest BCUT2D eigenvalue weighted by Crippen LogP contribution is -2.39. The molecule has 0 radical (unpaired) electrons. The molecule has 0 aliphatic heterocycles. The highest BCUT2D eigenvalue weighted by Crippen LogP contribution is 2.31. The average Bonchev–Trinajstić information content (AvgIpc) is 3.04. The van der Waals surface area contributed by atoms with Crippen molar-refractivity contribution in [3.63, 3.8) is 0 Å². The summed E-state index contributed by atoms with van der Waals surface area (Å²) in [4.78, 5) is 23.2. The predicted molar refractivity (Wildman–Crippen MR) is 70.4 cm³/mol. The van der Waals surface area contributed by atoms with Crippen molar-refractivity contribution in [1.82, 2.24) is 5.32 Å². The van der Waals surface area contributed by atoms with Gasteiger partial charge in [0.1, 0.15) is 11.4 Å². The van der Waals surface area contributed by atoms with E-state index in [9.17, 15) is 9.59 Å². The lowest BCUT2D eigenvalue weighted by atomic mass is 10.0. The molecule has 1 atom stereocenters. The third-order valence-corrected chi connectivity index (χ3v) is 2.99. The van der Waals surface area contributed by atoms with Gasteiger partial charge >= 0.3 is 6.09 Å². The van der Waals surface area contributed by atoms with Crippen molar-refractivity contribution in [3.05, 3.63) is 0 Å². The molecule has 1 aliphatic carbocycles. The first-order chi connectivity index (χ1) is 8.31. The minimum atomic E-state index is -0.480. The fourth-order valence-electron chi connectivity index (χ4n) is 1.78. The molecule has 0 aromatic heterocycles. The summed E-state index contributed by atoms with van der Waals surface area (Å²) in [6.45, 7) is 7.52. The van der Waals surface area contributed by atoms with Gasteiger partial charge in [-0.2, -0.15) is 0 Å². The fraction of sp³-hybridized carbons (Fsp3) is 0.857. The first-order valence-corrected chi connectivity index (χ1v) is 6.84. The molecular formula is C14H25NO3. The normalized spacial score (nSPS) is 17.1. The Hall–Kier alpha value is -1.06. The Bertz CT molecular complexity index is 303. The summed E-state index contributed by atoms with van der Waals surface area (Å²) in [6, 6.07) is 0.0301. The van der Waals surface area contributed by atoms with Gasteiger partial charge in [0, 0.05) is 18.4 Å². The van der Waals surface area contributed by atoms with Crippen molar-refractivity contribution in [2.75, 3.05) is 0 Å². The van der Waals surface area contributed by atoms with Gasteiger partial charge in [0.05, 0.1) is 0 Å². The predicted octanol–water partition coefficient (Wildman–Crippen LogP) is 3.05. The summed E-state index contributed by atoms with van der Waals surface area (Å²) in [5.74, 6) is 0.656. The lowest BCUT2D eigenvalue weighted by molar-refractivity contribution is -0.120. The van der Waals surface area contributed by atoms with Gasteiger partial charge in [-0.1, -0.05) is 6.92 Å². The second kappa shape index (κ2) is 6.21. The Morgan fingerprint density at radius 1 is 1.33 bits per heavy atom. The van der Waals surface area contributed by atoms with Gasteiger partial charge in [0.25, 0.3) is 0 Å². The number of Topliss-reactive ketones (excluding diaryl/α,β-unsaturated/α-hetero) is 1. The number of nitrogens with one attached hydrogen (secondary N) is 1. The van der Waals surface area contributed by atoms with Crippen LogP contribution in [0.2, 0.25) is 0 Å². The summed E-state index contributed by atoms with van der Waals surface area (Å²) in [7, 11) is 0. The Morgan fingerprint density at radius 3 is 2.39 bits per heavy atom. The number of hydrogen-bond donors (Lipinski definition) is 1. The molecule has 0 aromatic rings. The summed E-state index contributed by atoms with van der Waals surface area (Å²) < 4.78 is 5.20. The fourth-order valence-corrected chi connectivity index (χ4v) is 1.78. The van der Waals surface area contributed by atoms with Gasteiger partial charge in [-0.15, -0.1) is 0 Å². The molecule has 4 heteroatoms. The van der Waals surface area contributed by atoms with Crippen LogP contribution in [0.25, 0.3) is 0 Å². The molecule has 0 heterocycles. The molecule has 1 N–H and O–H groups in total. The van der Waals surface area contributed by atoms with Gasteiger partial charge in [-0.25, -0.2) is 4.79 Å². The molecule has 1 rings (SSSR count). The summed E-state index contributed by atoms with van der Waals surface area (Å²) in [6.07, 6.45) is 3.80. The molecule has 0 saturated heterocycles. The van der Waals surface area contributed by atoms with E-state index in [4.69, 9.17) is 4.74 Å². The van der Waals surface area contributed by atoms with Crippen molar-refractivity contribution in [1.29, 1.82) is 0 Å². The minimum Gasteiger partial charge on any atom is -0.444 e. The number of hydrogen-bond acceptors (Lipinski definition) is 3. The van der Waals surface area contributed by atoms with Gasteiger partial charge in [-0.3, -0.25) is 4.79 Å². The SMILES string of the molecule is CCC(CCC(=O)C1CC1)NC(=O)OC(C)(C)C. The maximum atomic E-state index is 11.6. The number of rotatable bonds is 6. The smallest absolute Gasteiger partial charge is 0.407 e. The van der Waals surface area contributed by atoms with E-state index < -0.39 is 11.7 Å². The molecular weight excluding hydrogens is 230 g/mol. The van der Waals surface area contributed by atoms with Crippen LogP contribution in [0.15, 0.2) is 0 Å². The number of ketones is 1. The van der Waals surface area contributed by atoms with Gasteiger partial charge in [-0.05, 0) is 46.5 Å². The van der Waals surface area contributed by atoms with Crippen LogP contribution in [0.3, 0.4) is 0 Å². The largest absolute Gasteiger partial charge is 0.444 e. The Labute approximate surface area is 109 Å². The summed E-state index contributed by atoms with van der Waals surface area (Å²) in [5.41, 5.74) is -0.480. The number of amides is 1. The van der Waals surface area contributed by atoms with E-state index in [0.29, 0.717) is 24.5 Å². The summed E-state index contributed by atoms with van der Waals surface area (Å²) >= 11 is 0. The molecule has 1 aliphatic rings. The Kier molecular flexibility index (Phi) is 5.17. The van der Waals surface area contributed by atoms with Crippen molar-refractivity contribution in [2.45, 2.75) is 71.4 Å². The van der Waals surface area contributed by atoms with Crippen LogP contribution in [0.4, 0.5) is 4.79 Å². The molecule has 1 saturated carbocycles. The highest BCUT2D eigenvalue weighted by atomic mass is 16.6. The summed E-state index contributed by atoms with van der Waals surface area (Å²) in [5, 5.41) is 2.82. The van der Waals surface area contributed by atoms with E-state index in [-0.39, 0.29) is 6.04 Å². The topological polar surface area (TPSA) is 55.4 Å². The molecule has 4 nitrogen and oxygen atoms in total. The van der Waals surface area contributed by atoms with Gasteiger partial charge in [0.15, 0.2) is 0 Å². The number of carbonyl (C=O) groups is 2. The zero-order valence-electron chi connectivity index (χ0n) is 11.9. The van der Waals surface area contributed by atoms with Crippen LogP contribution < -0.4 is 5.32 Å². The van der Waals surface area contributed by atoms with E-state index in [1.54, 1.807) is 0 Å². The molecule has 1 amide bonds. The van der Waals surface area contributed by atoms with E-state index in [1.807, 2.05) is 27.7 Å². The third kappa shape index (κ3) is 6.03. The maximum absolute atomic E-state index is 11.6. The van der Waals surface area contributed by atoms with Crippen molar-refractivity contribution < 1.29 is 14.3 Å². The maximum Gasteiger partial charge on any atom is 0.407 e. The molecule has 18 heavy (non-hydrogen) atoms. The van der Waals surface area contributed by atoms with Crippen molar-refractivity contribution in [3.8, 4) is 0 Å². The zero-order chi connectivity index (χ0) is 13.8. The Balaban J connectivity index is 2.27. The van der Waals surface area contributed by atoms with Crippen LogP contribution >= 0.6 is 0 Å². The molecule has 0 aromatic carbocycles. The van der Waals surface area contributed by atoms with Gasteiger partial charge in [0.2, 0.25) is 0 Å². The molecule has 104 valence electrons. The van der Waals surface area contributed by atoms with Crippen LogP contribution in [0, 0.1) is 5.92 Å². The van der Waals surface area contributed by atoms with Gasteiger partial charge < -0.3 is 10.1 Å². The molecule has 0 bridgehead atoms. The van der Waals surface area contributed by atoms with E-state index in [0.717, 1.165) is 19.3 Å². The number of ether oxygens (including phenoxy) is 1. The van der Waals surface area contributed by atoms with Crippen molar-refractivity contribution >= 4 is 11.9 Å². The Morgan fingerprint density at radius 2 is 1.94 bits per heavy atom. The zero-order valence-corrected chi connectivity index (χ0v) is 11.9. The first-order valence-electron chi connectivity index (χ1n) is 6.84. The number of alkyl carbamates (subject to hydrolysis) is 1. The molecule has 1 unspecified atom stereocenters. The second-order valence-electron chi connectivity index (χ2n) is 6.03. The second-order valence-corrected chi connectivity index (χ2v) is 6.03. The highest BCUT2D eigenvalue weighted by molar-refractivity contribution is 5.83. The highest BCUT2D eigenvalue weighted by Gasteiger charge is 2.29. The van der Waals surface area contributed by atoms with E-state index >= 15 is 0 Å². The molecule has 0 spiro atoms. The van der Waals surface area contributed by atoms with Crippen molar-refractivity contribution in [2.24, 2.45) is 5.92 Å². The monoisotopic (exact) mass is 255 g/mol. The number of carbonyl (C=O) groups excluding carboxylic acids is 2. The average molecular weight is 255 g/mol.